The Bertz CT molecular complexity index is 1180. The molecule has 2 atom stereocenters. The lowest BCUT2D eigenvalue weighted by Gasteiger charge is -2.29. The number of anilines is 1. The average Bonchev–Trinajstić information content (AvgIpc) is 2.94. The van der Waals surface area contributed by atoms with E-state index in [2.05, 4.69) is 5.32 Å². The van der Waals surface area contributed by atoms with Crippen LogP contribution in [0.25, 0.3) is 0 Å². The first-order valence-electron chi connectivity index (χ1n) is 12.2. The number of allylic oxidation sites excluding steroid dienone is 1. The van der Waals surface area contributed by atoms with Crippen LogP contribution in [0, 0.1) is 6.92 Å². The molecule has 0 fully saturated rings. The molecule has 0 unspecified atom stereocenters. The standard InChI is InChI=1S/C29H32N2O7/c1-21-15-17-22(18-16-21)30-29(34)38-28(24-11-5-6-12-25(24)36-20-19-32)26(13-7-8-14-27(33)31-35)37-23-9-3-2-4-10-23/h2-6,8-12,14-18,26,28,32,35H,7,13,19-20H2,1H3,(H,30,34)(H,31,33)/b14-8+/t26-,28-/m0/s1. The van der Waals surface area contributed by atoms with E-state index in [1.54, 1.807) is 60.1 Å². The van der Waals surface area contributed by atoms with E-state index in [-0.39, 0.29) is 13.2 Å². The Labute approximate surface area is 221 Å². The molecule has 9 nitrogen and oxygen atoms in total. The Morgan fingerprint density at radius 3 is 2.39 bits per heavy atom. The van der Waals surface area contributed by atoms with Crippen molar-refractivity contribution in [3.63, 3.8) is 0 Å². The molecule has 0 saturated carbocycles. The molecule has 0 radical (unpaired) electrons. The maximum atomic E-state index is 13.1. The predicted octanol–water partition coefficient (Wildman–Crippen LogP) is 4.95. The number of aliphatic hydroxyl groups excluding tert-OH is 1. The SMILES string of the molecule is Cc1ccc(NC(=O)O[C@@H](c2ccccc2OCCO)[C@H](CC/C=C/C(=O)NO)Oc2ccccc2)cc1. The fourth-order valence-corrected chi connectivity index (χ4v) is 3.68. The second kappa shape index (κ2) is 15.0. The Hall–Kier alpha value is -4.34. The minimum absolute atomic E-state index is 0.0580. The molecule has 0 aliphatic heterocycles. The van der Waals surface area contributed by atoms with Crippen molar-refractivity contribution in [2.45, 2.75) is 32.0 Å². The summed E-state index contributed by atoms with van der Waals surface area (Å²) in [7, 11) is 0. The van der Waals surface area contributed by atoms with Crippen LogP contribution in [0.15, 0.2) is 91.0 Å². The Kier molecular flexibility index (Phi) is 11.2. The molecule has 200 valence electrons. The third-order valence-electron chi connectivity index (χ3n) is 5.47. The van der Waals surface area contributed by atoms with E-state index in [1.165, 1.54) is 6.08 Å². The molecule has 0 aromatic heterocycles. The number of aliphatic hydroxyl groups is 1. The quantitative estimate of drug-likeness (QED) is 0.143. The fraction of sp³-hybridized carbons (Fsp3) is 0.241. The number of rotatable bonds is 13. The van der Waals surface area contributed by atoms with Crippen LogP contribution in [0.1, 0.15) is 30.1 Å². The summed E-state index contributed by atoms with van der Waals surface area (Å²) in [5.41, 5.74) is 3.73. The maximum Gasteiger partial charge on any atom is 0.412 e. The van der Waals surface area contributed by atoms with Gasteiger partial charge in [-0.05, 0) is 50.1 Å². The largest absolute Gasteiger partial charge is 0.491 e. The first-order chi connectivity index (χ1) is 18.5. The van der Waals surface area contributed by atoms with Crippen LogP contribution < -0.4 is 20.3 Å². The number of carbonyl (C=O) groups is 2. The monoisotopic (exact) mass is 520 g/mol. The first kappa shape index (κ1) is 28.2. The van der Waals surface area contributed by atoms with Crippen molar-refractivity contribution in [1.82, 2.24) is 5.48 Å². The maximum absolute atomic E-state index is 13.1. The highest BCUT2D eigenvalue weighted by Crippen LogP contribution is 2.34. The number of nitrogens with one attached hydrogen (secondary N) is 2. The highest BCUT2D eigenvalue weighted by molar-refractivity contribution is 5.86. The van der Waals surface area contributed by atoms with Gasteiger partial charge in [0.2, 0.25) is 0 Å². The van der Waals surface area contributed by atoms with E-state index in [1.807, 2.05) is 37.3 Å². The van der Waals surface area contributed by atoms with Gasteiger partial charge in [0.25, 0.3) is 5.91 Å². The summed E-state index contributed by atoms with van der Waals surface area (Å²) in [4.78, 5) is 24.5. The van der Waals surface area contributed by atoms with E-state index in [4.69, 9.17) is 19.4 Å². The van der Waals surface area contributed by atoms with Crippen LogP contribution in [0.5, 0.6) is 11.5 Å². The number of hydroxylamine groups is 1. The molecular weight excluding hydrogens is 488 g/mol. The van der Waals surface area contributed by atoms with Gasteiger partial charge in [-0.2, -0.15) is 0 Å². The van der Waals surface area contributed by atoms with Crippen molar-refractivity contribution in [2.75, 3.05) is 18.5 Å². The average molecular weight is 521 g/mol. The summed E-state index contributed by atoms with van der Waals surface area (Å²) in [6.45, 7) is 1.82. The summed E-state index contributed by atoms with van der Waals surface area (Å²) in [6, 6.07) is 23.5. The molecule has 0 aliphatic rings. The molecular formula is C29H32N2O7. The van der Waals surface area contributed by atoms with Gasteiger partial charge in [0.15, 0.2) is 6.10 Å². The molecule has 0 saturated heterocycles. The number of hydrogen-bond donors (Lipinski definition) is 4. The summed E-state index contributed by atoms with van der Waals surface area (Å²) in [5.74, 6) is 0.348. The number of para-hydroxylation sites is 2. The Morgan fingerprint density at radius 2 is 1.68 bits per heavy atom. The van der Waals surface area contributed by atoms with E-state index < -0.39 is 24.2 Å². The van der Waals surface area contributed by atoms with Crippen LogP contribution in [0.3, 0.4) is 0 Å². The van der Waals surface area contributed by atoms with Crippen LogP contribution in [0.2, 0.25) is 0 Å². The molecule has 3 aromatic rings. The number of carbonyl (C=O) groups excluding carboxylic acids is 2. The smallest absolute Gasteiger partial charge is 0.412 e. The molecule has 9 heteroatoms. The van der Waals surface area contributed by atoms with Gasteiger partial charge in [-0.3, -0.25) is 15.3 Å². The molecule has 0 bridgehead atoms. The molecule has 3 aromatic carbocycles. The van der Waals surface area contributed by atoms with Gasteiger partial charge in [-0.1, -0.05) is 60.2 Å². The van der Waals surface area contributed by atoms with Gasteiger partial charge in [-0.25, -0.2) is 10.3 Å². The number of amides is 2. The third-order valence-corrected chi connectivity index (χ3v) is 5.47. The van der Waals surface area contributed by atoms with Crippen LogP contribution in [-0.4, -0.2) is 41.6 Å². The number of ether oxygens (including phenoxy) is 3. The van der Waals surface area contributed by atoms with Crippen molar-refractivity contribution >= 4 is 17.7 Å². The van der Waals surface area contributed by atoms with E-state index >= 15 is 0 Å². The van der Waals surface area contributed by atoms with E-state index in [0.717, 1.165) is 5.56 Å². The normalized spacial score (nSPS) is 12.4. The van der Waals surface area contributed by atoms with Gasteiger partial charge < -0.3 is 19.3 Å². The van der Waals surface area contributed by atoms with Crippen molar-refractivity contribution in [1.29, 1.82) is 0 Å². The van der Waals surface area contributed by atoms with Crippen LogP contribution in [0.4, 0.5) is 10.5 Å². The summed E-state index contributed by atoms with van der Waals surface area (Å²) < 4.78 is 18.0. The number of aryl methyl sites for hydroxylation is 1. The van der Waals surface area contributed by atoms with E-state index in [9.17, 15) is 14.7 Å². The van der Waals surface area contributed by atoms with E-state index in [0.29, 0.717) is 35.6 Å². The first-order valence-corrected chi connectivity index (χ1v) is 12.2. The van der Waals surface area contributed by atoms with Gasteiger partial charge in [0, 0.05) is 17.3 Å². The molecule has 0 aliphatic carbocycles. The van der Waals surface area contributed by atoms with Gasteiger partial charge in [-0.15, -0.1) is 0 Å². The molecule has 3 rings (SSSR count). The summed E-state index contributed by atoms with van der Waals surface area (Å²) >= 11 is 0. The molecule has 0 spiro atoms. The number of hydrogen-bond acceptors (Lipinski definition) is 7. The van der Waals surface area contributed by atoms with Crippen LogP contribution in [-0.2, 0) is 9.53 Å². The van der Waals surface area contributed by atoms with Gasteiger partial charge in [0.1, 0.15) is 24.2 Å². The zero-order chi connectivity index (χ0) is 27.2. The highest BCUT2D eigenvalue weighted by Gasteiger charge is 2.31. The molecule has 2 amide bonds. The summed E-state index contributed by atoms with van der Waals surface area (Å²) in [6.07, 6.45) is 1.22. The highest BCUT2D eigenvalue weighted by atomic mass is 16.6. The van der Waals surface area contributed by atoms with Gasteiger partial charge >= 0.3 is 6.09 Å². The predicted molar refractivity (Wildman–Crippen MR) is 142 cm³/mol. The minimum Gasteiger partial charge on any atom is -0.491 e. The molecule has 38 heavy (non-hydrogen) atoms. The van der Waals surface area contributed by atoms with Crippen LogP contribution >= 0.6 is 0 Å². The van der Waals surface area contributed by atoms with Crippen molar-refractivity contribution in [3.8, 4) is 11.5 Å². The van der Waals surface area contributed by atoms with Crippen molar-refractivity contribution in [3.05, 3.63) is 102 Å². The zero-order valence-corrected chi connectivity index (χ0v) is 21.1. The second-order valence-electron chi connectivity index (χ2n) is 8.35. The topological polar surface area (TPSA) is 126 Å². The van der Waals surface area contributed by atoms with Crippen molar-refractivity contribution < 1.29 is 34.1 Å². The fourth-order valence-electron chi connectivity index (χ4n) is 3.68. The van der Waals surface area contributed by atoms with Crippen molar-refractivity contribution in [2.24, 2.45) is 0 Å². The lowest BCUT2D eigenvalue weighted by Crippen LogP contribution is -2.31. The summed E-state index contributed by atoms with van der Waals surface area (Å²) in [5, 5.41) is 20.8. The minimum atomic E-state index is -0.921. The third kappa shape index (κ3) is 8.95. The lowest BCUT2D eigenvalue weighted by molar-refractivity contribution is -0.124. The molecule has 0 heterocycles. The Balaban J connectivity index is 1.93. The molecule has 4 N–H and O–H groups in total. The Morgan fingerprint density at radius 1 is 0.974 bits per heavy atom. The number of benzene rings is 3. The zero-order valence-electron chi connectivity index (χ0n) is 21.1. The second-order valence-corrected chi connectivity index (χ2v) is 8.35. The van der Waals surface area contributed by atoms with Gasteiger partial charge in [0.05, 0.1) is 6.61 Å². The lowest BCUT2D eigenvalue weighted by atomic mass is 9.99.